The monoisotopic (exact) mass is 391 g/mol. The minimum Gasteiger partial charge on any atom is -0.280 e. The van der Waals surface area contributed by atoms with Gasteiger partial charge in [0.25, 0.3) is 10.0 Å². The quantitative estimate of drug-likeness (QED) is 0.792. The first-order valence-electron chi connectivity index (χ1n) is 8.03. The van der Waals surface area contributed by atoms with E-state index in [0.29, 0.717) is 12.1 Å². The summed E-state index contributed by atoms with van der Waals surface area (Å²) in [6, 6.07) is 2.08. The summed E-state index contributed by atoms with van der Waals surface area (Å²) in [4.78, 5) is -0.109. The number of nitrogens with one attached hydrogen (secondary N) is 1. The molecule has 3 rings (SSSR count). The first-order chi connectivity index (χ1) is 12.1. The van der Waals surface area contributed by atoms with Gasteiger partial charge >= 0.3 is 6.18 Å². The van der Waals surface area contributed by atoms with Crippen molar-refractivity contribution in [2.24, 2.45) is 0 Å². The summed E-state index contributed by atoms with van der Waals surface area (Å²) < 4.78 is 80.5. The van der Waals surface area contributed by atoms with E-state index in [4.69, 9.17) is 0 Å². The third kappa shape index (κ3) is 3.69. The van der Waals surface area contributed by atoms with Gasteiger partial charge in [-0.25, -0.2) is 12.8 Å². The lowest BCUT2D eigenvalue weighted by Crippen LogP contribution is -2.15. The Morgan fingerprint density at radius 1 is 1.23 bits per heavy atom. The fourth-order valence-electron chi connectivity index (χ4n) is 3.10. The molecule has 0 atom stereocenters. The molecule has 2 aromatic rings. The number of anilines is 1. The van der Waals surface area contributed by atoms with Gasteiger partial charge in [-0.3, -0.25) is 9.40 Å². The van der Waals surface area contributed by atoms with E-state index in [-0.39, 0.29) is 22.3 Å². The fourth-order valence-corrected chi connectivity index (χ4v) is 4.32. The first kappa shape index (κ1) is 18.7. The van der Waals surface area contributed by atoms with Crippen molar-refractivity contribution < 1.29 is 26.0 Å². The second-order valence-corrected chi connectivity index (χ2v) is 7.95. The van der Waals surface area contributed by atoms with Gasteiger partial charge in [0, 0.05) is 11.9 Å². The Kier molecular flexibility index (Phi) is 4.72. The van der Waals surface area contributed by atoms with Crippen LogP contribution in [-0.4, -0.2) is 18.2 Å². The molecule has 1 aromatic carbocycles. The average molecular weight is 391 g/mol. The largest absolute Gasteiger partial charge is 0.419 e. The van der Waals surface area contributed by atoms with Crippen LogP contribution in [-0.2, 0) is 16.2 Å². The molecular formula is C16H17F4N3O2S. The van der Waals surface area contributed by atoms with Gasteiger partial charge in [0.05, 0.1) is 17.3 Å². The summed E-state index contributed by atoms with van der Waals surface area (Å²) >= 11 is 0. The van der Waals surface area contributed by atoms with Crippen LogP contribution < -0.4 is 4.72 Å². The highest BCUT2D eigenvalue weighted by atomic mass is 32.2. The van der Waals surface area contributed by atoms with Gasteiger partial charge in [0.15, 0.2) is 0 Å². The highest BCUT2D eigenvalue weighted by Gasteiger charge is 2.34. The van der Waals surface area contributed by atoms with Gasteiger partial charge in [0.1, 0.15) is 10.7 Å². The molecule has 1 aliphatic carbocycles. The van der Waals surface area contributed by atoms with E-state index in [0.717, 1.165) is 31.7 Å². The maximum absolute atomic E-state index is 13.4. The lowest BCUT2D eigenvalue weighted by molar-refractivity contribution is -0.139. The van der Waals surface area contributed by atoms with Crippen molar-refractivity contribution in [3.8, 4) is 0 Å². The number of rotatable bonds is 4. The number of halogens is 4. The number of aryl methyl sites for hydroxylation is 1. The Morgan fingerprint density at radius 2 is 1.88 bits per heavy atom. The molecule has 0 amide bonds. The molecule has 1 aliphatic rings. The molecule has 142 valence electrons. The van der Waals surface area contributed by atoms with Gasteiger partial charge in [-0.15, -0.1) is 0 Å². The topological polar surface area (TPSA) is 64.0 Å². The maximum atomic E-state index is 13.4. The zero-order chi connectivity index (χ0) is 19.1. The molecule has 0 radical (unpaired) electrons. The molecule has 0 unspecified atom stereocenters. The van der Waals surface area contributed by atoms with Crippen molar-refractivity contribution in [1.82, 2.24) is 9.78 Å². The van der Waals surface area contributed by atoms with E-state index in [1.807, 2.05) is 0 Å². The van der Waals surface area contributed by atoms with E-state index < -0.39 is 27.6 Å². The lowest BCUT2D eigenvalue weighted by atomic mass is 10.2. The molecule has 0 spiro atoms. The van der Waals surface area contributed by atoms with E-state index in [1.165, 1.54) is 13.1 Å². The Hall–Kier alpha value is -2.10. The Labute approximate surface area is 148 Å². The summed E-state index contributed by atoms with van der Waals surface area (Å²) in [7, 11) is -4.15. The number of hydrogen-bond acceptors (Lipinski definition) is 3. The highest BCUT2D eigenvalue weighted by Crippen LogP contribution is 2.34. The van der Waals surface area contributed by atoms with Crippen LogP contribution in [0.4, 0.5) is 23.2 Å². The van der Waals surface area contributed by atoms with Crippen molar-refractivity contribution in [1.29, 1.82) is 0 Å². The summed E-state index contributed by atoms with van der Waals surface area (Å²) in [6.45, 7) is 1.52. The maximum Gasteiger partial charge on any atom is 0.419 e. The molecular weight excluding hydrogens is 374 g/mol. The van der Waals surface area contributed by atoms with E-state index in [2.05, 4.69) is 9.82 Å². The third-order valence-corrected chi connectivity index (χ3v) is 5.87. The van der Waals surface area contributed by atoms with Crippen LogP contribution >= 0.6 is 0 Å². The predicted molar refractivity (Wildman–Crippen MR) is 86.7 cm³/mol. The zero-order valence-corrected chi connectivity index (χ0v) is 14.7. The standard InChI is InChI=1S/C16H17F4N3O2S/c1-10-15(9-23(21-10)12-4-2-3-5-12)26(24,25)22-11-6-7-14(17)13(8-11)16(18,19)20/h6-9,12,22H,2-5H2,1H3. The number of aromatic nitrogens is 2. The minimum atomic E-state index is -4.92. The number of benzene rings is 1. The molecule has 1 saturated carbocycles. The SMILES string of the molecule is Cc1nn(C2CCCC2)cc1S(=O)(=O)Nc1ccc(F)c(C(F)(F)F)c1. The zero-order valence-electron chi connectivity index (χ0n) is 13.8. The summed E-state index contributed by atoms with van der Waals surface area (Å²) in [5.41, 5.74) is -1.65. The second kappa shape index (κ2) is 6.57. The second-order valence-electron chi connectivity index (χ2n) is 6.29. The van der Waals surface area contributed by atoms with Crippen LogP contribution in [0.5, 0.6) is 0 Å². The Morgan fingerprint density at radius 3 is 2.50 bits per heavy atom. The molecule has 0 bridgehead atoms. The van der Waals surface area contributed by atoms with Crippen molar-refractivity contribution in [2.75, 3.05) is 4.72 Å². The molecule has 5 nitrogen and oxygen atoms in total. The van der Waals surface area contributed by atoms with Crippen molar-refractivity contribution in [3.05, 3.63) is 41.5 Å². The molecule has 1 N–H and O–H groups in total. The van der Waals surface area contributed by atoms with Crippen LogP contribution in [0.15, 0.2) is 29.3 Å². The van der Waals surface area contributed by atoms with Gasteiger partial charge in [-0.2, -0.15) is 18.3 Å². The van der Waals surface area contributed by atoms with Crippen LogP contribution in [0.25, 0.3) is 0 Å². The molecule has 10 heteroatoms. The number of alkyl halides is 3. The predicted octanol–water partition coefficient (Wildman–Crippen LogP) is 4.27. The van der Waals surface area contributed by atoms with E-state index in [9.17, 15) is 26.0 Å². The van der Waals surface area contributed by atoms with Crippen LogP contribution in [0.1, 0.15) is 43.0 Å². The molecule has 26 heavy (non-hydrogen) atoms. The minimum absolute atomic E-state index is 0.109. The number of nitrogens with zero attached hydrogens (tertiary/aromatic N) is 2. The van der Waals surface area contributed by atoms with Gasteiger partial charge in [-0.1, -0.05) is 12.8 Å². The van der Waals surface area contributed by atoms with Gasteiger partial charge in [-0.05, 0) is 38.0 Å². The van der Waals surface area contributed by atoms with Crippen LogP contribution in [0, 0.1) is 12.7 Å². The van der Waals surface area contributed by atoms with Crippen molar-refractivity contribution >= 4 is 15.7 Å². The Bertz CT molecular complexity index is 916. The molecule has 0 aliphatic heterocycles. The lowest BCUT2D eigenvalue weighted by Gasteiger charge is -2.12. The Balaban J connectivity index is 1.90. The van der Waals surface area contributed by atoms with Crippen molar-refractivity contribution in [2.45, 2.75) is 49.7 Å². The van der Waals surface area contributed by atoms with Crippen LogP contribution in [0.3, 0.4) is 0 Å². The normalized spacial score (nSPS) is 16.2. The molecule has 1 heterocycles. The van der Waals surface area contributed by atoms with Gasteiger partial charge < -0.3 is 0 Å². The number of sulfonamides is 1. The fraction of sp³-hybridized carbons (Fsp3) is 0.438. The summed E-state index contributed by atoms with van der Waals surface area (Å²) in [5.74, 6) is -1.47. The van der Waals surface area contributed by atoms with Gasteiger partial charge in [0.2, 0.25) is 0 Å². The number of hydrogen-bond donors (Lipinski definition) is 1. The van der Waals surface area contributed by atoms with E-state index in [1.54, 1.807) is 4.68 Å². The van der Waals surface area contributed by atoms with Crippen LogP contribution in [0.2, 0.25) is 0 Å². The first-order valence-corrected chi connectivity index (χ1v) is 9.51. The summed E-state index contributed by atoms with van der Waals surface area (Å²) in [6.07, 6.45) is 0.359. The highest BCUT2D eigenvalue weighted by molar-refractivity contribution is 7.92. The molecule has 0 saturated heterocycles. The third-order valence-electron chi connectivity index (χ3n) is 4.38. The average Bonchev–Trinajstić information content (AvgIpc) is 3.17. The smallest absolute Gasteiger partial charge is 0.280 e. The summed E-state index contributed by atoms with van der Waals surface area (Å²) in [5, 5.41) is 4.23. The molecule has 1 fully saturated rings. The van der Waals surface area contributed by atoms with Crippen molar-refractivity contribution in [3.63, 3.8) is 0 Å². The molecule has 1 aromatic heterocycles. The van der Waals surface area contributed by atoms with E-state index >= 15 is 0 Å².